The van der Waals surface area contributed by atoms with Gasteiger partial charge < -0.3 is 10.1 Å². The van der Waals surface area contributed by atoms with Crippen LogP contribution in [-0.4, -0.2) is 30.3 Å². The van der Waals surface area contributed by atoms with Crippen molar-refractivity contribution in [1.29, 1.82) is 0 Å². The Labute approximate surface area is 162 Å². The molecule has 1 amide bonds. The highest BCUT2D eigenvalue weighted by atomic mass is 32.1. The summed E-state index contributed by atoms with van der Waals surface area (Å²) in [5, 5.41) is 4.50. The van der Waals surface area contributed by atoms with Crippen LogP contribution >= 0.6 is 11.3 Å². The third kappa shape index (κ3) is 4.63. The second-order valence-electron chi connectivity index (χ2n) is 7.04. The lowest BCUT2D eigenvalue weighted by Crippen LogP contribution is -2.45. The highest BCUT2D eigenvalue weighted by Crippen LogP contribution is 2.23. The summed E-state index contributed by atoms with van der Waals surface area (Å²) in [5.41, 5.74) is 3.06. The Hall–Kier alpha value is -2.47. The van der Waals surface area contributed by atoms with Gasteiger partial charge in [0.25, 0.3) is 5.91 Å². The zero-order valence-corrected chi connectivity index (χ0v) is 16.3. The zero-order chi connectivity index (χ0) is 19.4. The zero-order valence-electron chi connectivity index (χ0n) is 15.5. The number of hydrogen-bond acceptors (Lipinski definition) is 5. The Morgan fingerprint density at radius 1 is 1.15 bits per heavy atom. The number of hydrogen-bond donors (Lipinski definition) is 1. The number of rotatable bonds is 7. The van der Waals surface area contributed by atoms with Crippen molar-refractivity contribution in [2.45, 2.75) is 39.2 Å². The molecule has 5 nitrogen and oxygen atoms in total. The fourth-order valence-corrected chi connectivity index (χ4v) is 3.80. The van der Waals surface area contributed by atoms with Crippen molar-refractivity contribution >= 4 is 29.0 Å². The van der Waals surface area contributed by atoms with Crippen molar-refractivity contribution in [2.75, 3.05) is 6.61 Å². The van der Waals surface area contributed by atoms with Crippen molar-refractivity contribution in [2.24, 2.45) is 5.92 Å². The van der Waals surface area contributed by atoms with E-state index < -0.39 is 12.0 Å². The van der Waals surface area contributed by atoms with Gasteiger partial charge in [-0.15, -0.1) is 11.3 Å². The maximum atomic E-state index is 12.4. The van der Waals surface area contributed by atoms with Crippen LogP contribution in [0.2, 0.25) is 0 Å². The number of nitrogens with one attached hydrogen (secondary N) is 1. The number of amides is 1. The Bertz CT molecular complexity index is 842. The van der Waals surface area contributed by atoms with E-state index in [0.717, 1.165) is 19.3 Å². The van der Waals surface area contributed by atoms with Crippen LogP contribution in [0.5, 0.6) is 0 Å². The fourth-order valence-electron chi connectivity index (χ4n) is 3.17. The molecule has 2 aromatic rings. The Morgan fingerprint density at radius 3 is 2.63 bits per heavy atom. The minimum atomic E-state index is -0.799. The van der Waals surface area contributed by atoms with Crippen molar-refractivity contribution in [1.82, 2.24) is 5.32 Å². The maximum Gasteiger partial charge on any atom is 0.329 e. The smallest absolute Gasteiger partial charge is 0.329 e. The molecule has 1 heterocycles. The van der Waals surface area contributed by atoms with Gasteiger partial charge in [0.05, 0.1) is 4.88 Å². The van der Waals surface area contributed by atoms with E-state index in [1.165, 1.54) is 22.5 Å². The van der Waals surface area contributed by atoms with Gasteiger partial charge in [-0.25, -0.2) is 4.79 Å². The predicted molar refractivity (Wildman–Crippen MR) is 104 cm³/mol. The molecule has 0 aliphatic heterocycles. The minimum Gasteiger partial charge on any atom is -0.456 e. The summed E-state index contributed by atoms with van der Waals surface area (Å²) in [5.74, 6) is -1.29. The number of esters is 1. The molecule has 0 fully saturated rings. The summed E-state index contributed by atoms with van der Waals surface area (Å²) in [4.78, 5) is 37.6. The standard InChI is InChI=1S/C21H23NO4S/c1-13(2)19(22-20(24)18-7-4-10-27-18)21(25)26-12-17(23)16-9-8-14-5-3-6-15(14)11-16/h4,7-11,13,19H,3,5-6,12H2,1-2H3,(H,22,24). The second-order valence-corrected chi connectivity index (χ2v) is 7.99. The average Bonchev–Trinajstić information content (AvgIpc) is 3.34. The van der Waals surface area contributed by atoms with Gasteiger partial charge in [-0.1, -0.05) is 32.0 Å². The lowest BCUT2D eigenvalue weighted by Gasteiger charge is -2.20. The van der Waals surface area contributed by atoms with Gasteiger partial charge in [0, 0.05) is 5.56 Å². The minimum absolute atomic E-state index is 0.156. The van der Waals surface area contributed by atoms with E-state index in [2.05, 4.69) is 5.32 Å². The van der Waals surface area contributed by atoms with Gasteiger partial charge in [0.2, 0.25) is 0 Å². The van der Waals surface area contributed by atoms with Crippen molar-refractivity contribution in [3.63, 3.8) is 0 Å². The van der Waals surface area contributed by atoms with Crippen molar-refractivity contribution < 1.29 is 19.1 Å². The number of aryl methyl sites for hydroxylation is 2. The van der Waals surface area contributed by atoms with Crippen LogP contribution in [0.3, 0.4) is 0 Å². The first kappa shape index (κ1) is 19.3. The number of carbonyl (C=O) groups excluding carboxylic acids is 3. The van der Waals surface area contributed by atoms with E-state index in [1.54, 1.807) is 23.6 Å². The molecule has 6 heteroatoms. The van der Waals surface area contributed by atoms with Gasteiger partial charge in [-0.3, -0.25) is 9.59 Å². The van der Waals surface area contributed by atoms with Gasteiger partial charge in [-0.05, 0) is 53.8 Å². The molecule has 0 spiro atoms. The molecule has 0 bridgehead atoms. The molecule has 1 atom stereocenters. The largest absolute Gasteiger partial charge is 0.456 e. The van der Waals surface area contributed by atoms with E-state index in [9.17, 15) is 14.4 Å². The Balaban J connectivity index is 1.59. The maximum absolute atomic E-state index is 12.4. The number of Topliss-reactive ketones (excluding diaryl/α,β-unsaturated/α-hetero) is 1. The number of ether oxygens (including phenoxy) is 1. The first-order chi connectivity index (χ1) is 13.0. The summed E-state index contributed by atoms with van der Waals surface area (Å²) in [6.07, 6.45) is 3.15. The predicted octanol–water partition coefficient (Wildman–Crippen LogP) is 3.42. The van der Waals surface area contributed by atoms with Gasteiger partial charge in [0.1, 0.15) is 6.04 Å². The molecule has 1 aromatic heterocycles. The van der Waals surface area contributed by atoms with Crippen molar-refractivity contribution in [3.8, 4) is 0 Å². The van der Waals surface area contributed by atoms with Crippen LogP contribution in [-0.2, 0) is 22.4 Å². The Kier molecular flexibility index (Phi) is 6.06. The molecule has 1 aromatic carbocycles. The third-order valence-corrected chi connectivity index (χ3v) is 5.59. The molecular formula is C21H23NO4S. The average molecular weight is 385 g/mol. The van der Waals surface area contributed by atoms with Crippen LogP contribution in [0.1, 0.15) is 51.4 Å². The molecule has 0 saturated carbocycles. The molecule has 27 heavy (non-hydrogen) atoms. The normalized spacial score (nSPS) is 13.9. The molecular weight excluding hydrogens is 362 g/mol. The van der Waals surface area contributed by atoms with Gasteiger partial charge >= 0.3 is 5.97 Å². The quantitative estimate of drug-likeness (QED) is 0.586. The molecule has 0 saturated heterocycles. The lowest BCUT2D eigenvalue weighted by molar-refractivity contribution is -0.145. The van der Waals surface area contributed by atoms with E-state index in [4.69, 9.17) is 4.74 Å². The fraction of sp³-hybridized carbons (Fsp3) is 0.381. The molecule has 0 radical (unpaired) electrons. The number of thiophene rings is 1. The lowest BCUT2D eigenvalue weighted by atomic mass is 10.0. The van der Waals surface area contributed by atoms with Crippen molar-refractivity contribution in [3.05, 3.63) is 57.3 Å². The molecule has 1 unspecified atom stereocenters. The molecule has 1 aliphatic rings. The summed E-state index contributed by atoms with van der Waals surface area (Å²) < 4.78 is 5.22. The summed E-state index contributed by atoms with van der Waals surface area (Å²) in [7, 11) is 0. The van der Waals surface area contributed by atoms with Crippen LogP contribution in [0.15, 0.2) is 35.7 Å². The van der Waals surface area contributed by atoms with E-state index >= 15 is 0 Å². The molecule has 142 valence electrons. The first-order valence-electron chi connectivity index (χ1n) is 9.11. The van der Waals surface area contributed by atoms with Gasteiger partial charge in [0.15, 0.2) is 12.4 Å². The molecule has 1 N–H and O–H groups in total. The summed E-state index contributed by atoms with van der Waals surface area (Å²) >= 11 is 1.30. The summed E-state index contributed by atoms with van der Waals surface area (Å²) in [6, 6.07) is 8.34. The number of ketones is 1. The van der Waals surface area contributed by atoms with Crippen LogP contribution in [0, 0.1) is 5.92 Å². The first-order valence-corrected chi connectivity index (χ1v) is 9.99. The van der Waals surface area contributed by atoms with Crippen LogP contribution in [0.4, 0.5) is 0 Å². The SMILES string of the molecule is CC(C)C(NC(=O)c1cccs1)C(=O)OCC(=O)c1ccc2c(c1)CCC2. The van der Waals surface area contributed by atoms with E-state index in [0.29, 0.717) is 10.4 Å². The van der Waals surface area contributed by atoms with Crippen LogP contribution < -0.4 is 5.32 Å². The monoisotopic (exact) mass is 385 g/mol. The highest BCUT2D eigenvalue weighted by Gasteiger charge is 2.27. The number of fused-ring (bicyclic) bond motifs is 1. The Morgan fingerprint density at radius 2 is 1.93 bits per heavy atom. The van der Waals surface area contributed by atoms with Gasteiger partial charge in [-0.2, -0.15) is 0 Å². The van der Waals surface area contributed by atoms with E-state index in [1.807, 2.05) is 26.0 Å². The van der Waals surface area contributed by atoms with E-state index in [-0.39, 0.29) is 24.2 Å². The third-order valence-electron chi connectivity index (χ3n) is 4.72. The molecule has 3 rings (SSSR count). The van der Waals surface area contributed by atoms with Crippen LogP contribution in [0.25, 0.3) is 0 Å². The topological polar surface area (TPSA) is 72.5 Å². The number of carbonyl (C=O) groups is 3. The molecule has 1 aliphatic carbocycles. The summed E-state index contributed by atoms with van der Waals surface area (Å²) in [6.45, 7) is 3.32. The number of benzene rings is 1. The second kappa shape index (κ2) is 8.48. The highest BCUT2D eigenvalue weighted by molar-refractivity contribution is 7.12.